The number of amides is 1. The van der Waals surface area contributed by atoms with Crippen LogP contribution in [0, 0.1) is 11.3 Å². The van der Waals surface area contributed by atoms with Crippen LogP contribution in [0.25, 0.3) is 17.3 Å². The van der Waals surface area contributed by atoms with Crippen molar-refractivity contribution in [1.29, 1.82) is 5.26 Å². The largest absolute Gasteiger partial charge is 0.544 e. The van der Waals surface area contributed by atoms with Crippen molar-refractivity contribution in [2.45, 2.75) is 13.0 Å². The topological polar surface area (TPSA) is 125 Å². The summed E-state index contributed by atoms with van der Waals surface area (Å²) >= 11 is 3.34. The summed E-state index contributed by atoms with van der Waals surface area (Å²) in [7, 11) is 0. The van der Waals surface area contributed by atoms with Crippen LogP contribution in [-0.2, 0) is 16.1 Å². The van der Waals surface area contributed by atoms with E-state index < -0.39 is 17.4 Å². The number of nitrogens with zero attached hydrogens (tertiary/aromatic N) is 3. The Labute approximate surface area is 146 Å². The van der Waals surface area contributed by atoms with Crippen LogP contribution >= 0.6 is 15.9 Å². The first-order valence-corrected chi connectivity index (χ1v) is 7.65. The van der Waals surface area contributed by atoms with Crippen LogP contribution < -0.4 is 10.8 Å². The third-order valence-corrected chi connectivity index (χ3v) is 3.66. The SMILES string of the molecule is N#C/C(=C/c1cn(CCC(N)=O)nc1-c1ccc(Br)cc1)C(=O)[O-]. The number of rotatable bonds is 6. The zero-order valence-corrected chi connectivity index (χ0v) is 14.0. The zero-order chi connectivity index (χ0) is 17.7. The van der Waals surface area contributed by atoms with Crippen LogP contribution in [0.2, 0.25) is 0 Å². The van der Waals surface area contributed by atoms with Gasteiger partial charge in [0.05, 0.1) is 17.2 Å². The molecule has 0 saturated carbocycles. The number of aromatic nitrogens is 2. The van der Waals surface area contributed by atoms with Crippen LogP contribution in [0.5, 0.6) is 0 Å². The first-order valence-electron chi connectivity index (χ1n) is 6.85. The van der Waals surface area contributed by atoms with E-state index in [4.69, 9.17) is 11.0 Å². The molecule has 7 nitrogen and oxygen atoms in total. The highest BCUT2D eigenvalue weighted by Crippen LogP contribution is 2.25. The summed E-state index contributed by atoms with van der Waals surface area (Å²) in [6.07, 6.45) is 2.84. The Morgan fingerprint density at radius 3 is 2.58 bits per heavy atom. The molecule has 2 N–H and O–H groups in total. The fourth-order valence-corrected chi connectivity index (χ4v) is 2.27. The van der Waals surface area contributed by atoms with Gasteiger partial charge in [-0.05, 0) is 18.2 Å². The Balaban J connectivity index is 2.50. The van der Waals surface area contributed by atoms with Gasteiger partial charge < -0.3 is 15.6 Å². The summed E-state index contributed by atoms with van der Waals surface area (Å²) < 4.78 is 2.36. The minimum atomic E-state index is -1.57. The average Bonchev–Trinajstić information content (AvgIpc) is 2.94. The molecular formula is C16H12BrN4O3-. The van der Waals surface area contributed by atoms with Gasteiger partial charge in [0.15, 0.2) is 0 Å². The van der Waals surface area contributed by atoms with Gasteiger partial charge in [-0.1, -0.05) is 28.1 Å². The van der Waals surface area contributed by atoms with Crippen molar-refractivity contribution in [1.82, 2.24) is 9.78 Å². The first kappa shape index (κ1) is 17.4. The molecule has 1 heterocycles. The van der Waals surface area contributed by atoms with Crippen LogP contribution in [0.15, 0.2) is 40.5 Å². The van der Waals surface area contributed by atoms with E-state index in [1.54, 1.807) is 24.4 Å². The molecule has 0 spiro atoms. The third-order valence-electron chi connectivity index (χ3n) is 3.14. The van der Waals surface area contributed by atoms with Crippen LogP contribution in [0.4, 0.5) is 0 Å². The second-order valence-electron chi connectivity index (χ2n) is 4.88. The standard InChI is InChI=1S/C16H13BrN4O3/c17-13-3-1-10(2-4-13)15-12(7-11(8-18)16(23)24)9-21(20-15)6-5-14(19)22/h1-4,7,9H,5-6H2,(H2,19,22)(H,23,24)/p-1/b11-7-. The number of primary amides is 1. The zero-order valence-electron chi connectivity index (χ0n) is 12.4. The van der Waals surface area contributed by atoms with E-state index >= 15 is 0 Å². The van der Waals surface area contributed by atoms with Gasteiger partial charge in [-0.3, -0.25) is 9.48 Å². The first-order chi connectivity index (χ1) is 11.4. The molecule has 0 bridgehead atoms. The molecule has 8 heteroatoms. The summed E-state index contributed by atoms with van der Waals surface area (Å²) in [6.45, 7) is 0.250. The maximum atomic E-state index is 11.0. The molecule has 0 radical (unpaired) electrons. The van der Waals surface area contributed by atoms with Crippen LogP contribution in [0.1, 0.15) is 12.0 Å². The van der Waals surface area contributed by atoms with Gasteiger partial charge >= 0.3 is 0 Å². The Bertz CT molecular complexity index is 847. The highest BCUT2D eigenvalue weighted by molar-refractivity contribution is 9.10. The van der Waals surface area contributed by atoms with Gasteiger partial charge in [0.25, 0.3) is 0 Å². The molecule has 1 aromatic carbocycles. The van der Waals surface area contributed by atoms with E-state index in [2.05, 4.69) is 21.0 Å². The van der Waals surface area contributed by atoms with Crippen molar-refractivity contribution < 1.29 is 14.7 Å². The lowest BCUT2D eigenvalue weighted by molar-refractivity contribution is -0.298. The molecule has 1 aromatic heterocycles. The lowest BCUT2D eigenvalue weighted by Crippen LogP contribution is -2.23. The van der Waals surface area contributed by atoms with E-state index in [0.717, 1.165) is 10.0 Å². The number of carboxylic acid groups (broad SMARTS) is 1. The lowest BCUT2D eigenvalue weighted by Gasteiger charge is -2.01. The van der Waals surface area contributed by atoms with Gasteiger partial charge in [-0.15, -0.1) is 0 Å². The number of benzene rings is 1. The second kappa shape index (κ2) is 7.57. The molecule has 2 aromatic rings. The number of carboxylic acids is 1. The smallest absolute Gasteiger partial charge is 0.219 e. The normalized spacial score (nSPS) is 11.1. The van der Waals surface area contributed by atoms with Crippen LogP contribution in [0.3, 0.4) is 0 Å². The summed E-state index contributed by atoms with van der Waals surface area (Å²) in [4.78, 5) is 21.9. The number of hydrogen-bond acceptors (Lipinski definition) is 5. The molecular weight excluding hydrogens is 376 g/mol. The highest BCUT2D eigenvalue weighted by Gasteiger charge is 2.12. The molecule has 0 aliphatic heterocycles. The van der Waals surface area contributed by atoms with Gasteiger partial charge in [-0.25, -0.2) is 0 Å². The molecule has 122 valence electrons. The van der Waals surface area contributed by atoms with Gasteiger partial charge in [-0.2, -0.15) is 10.4 Å². The number of aryl methyl sites for hydroxylation is 1. The van der Waals surface area contributed by atoms with Crippen molar-refractivity contribution in [2.24, 2.45) is 5.73 Å². The predicted octanol–water partition coefficient (Wildman–Crippen LogP) is 0.845. The minimum Gasteiger partial charge on any atom is -0.544 e. The van der Waals surface area contributed by atoms with Crippen LogP contribution in [-0.4, -0.2) is 21.7 Å². The van der Waals surface area contributed by atoms with Crippen molar-refractivity contribution in [3.63, 3.8) is 0 Å². The summed E-state index contributed by atoms with van der Waals surface area (Å²) in [5, 5.41) is 24.2. The quantitative estimate of drug-likeness (QED) is 0.580. The Morgan fingerprint density at radius 2 is 2.04 bits per heavy atom. The number of nitrogens with two attached hydrogens (primary N) is 1. The van der Waals surface area contributed by atoms with E-state index in [1.807, 2.05) is 12.1 Å². The number of hydrogen-bond donors (Lipinski definition) is 1. The van der Waals surface area contributed by atoms with Crippen molar-refractivity contribution >= 4 is 33.9 Å². The Kier molecular flexibility index (Phi) is 5.50. The maximum absolute atomic E-state index is 11.0. The Morgan fingerprint density at radius 1 is 1.38 bits per heavy atom. The predicted molar refractivity (Wildman–Crippen MR) is 87.8 cm³/mol. The van der Waals surface area contributed by atoms with E-state index in [1.165, 1.54) is 10.8 Å². The fraction of sp³-hybridized carbons (Fsp3) is 0.125. The number of carbonyl (C=O) groups excluding carboxylic acids is 2. The fourth-order valence-electron chi connectivity index (χ4n) is 2.01. The molecule has 0 saturated heterocycles. The summed E-state index contributed by atoms with van der Waals surface area (Å²) in [5.74, 6) is -2.04. The van der Waals surface area contributed by atoms with Crippen molar-refractivity contribution in [3.8, 4) is 17.3 Å². The minimum absolute atomic E-state index is 0.0935. The van der Waals surface area contributed by atoms with E-state index in [-0.39, 0.29) is 13.0 Å². The molecule has 1 amide bonds. The lowest BCUT2D eigenvalue weighted by atomic mass is 10.1. The van der Waals surface area contributed by atoms with Gasteiger partial charge in [0.2, 0.25) is 5.91 Å². The number of carbonyl (C=O) groups is 2. The molecule has 24 heavy (non-hydrogen) atoms. The molecule has 0 aliphatic rings. The number of aliphatic carboxylic acids is 1. The van der Waals surface area contributed by atoms with E-state index in [0.29, 0.717) is 11.3 Å². The number of halogens is 1. The summed E-state index contributed by atoms with van der Waals surface area (Å²) in [5.41, 5.74) is 6.27. The Hall–Kier alpha value is -2.92. The van der Waals surface area contributed by atoms with E-state index in [9.17, 15) is 14.7 Å². The van der Waals surface area contributed by atoms with Gasteiger partial charge in [0, 0.05) is 34.8 Å². The van der Waals surface area contributed by atoms with Gasteiger partial charge in [0.1, 0.15) is 6.07 Å². The third kappa shape index (κ3) is 4.30. The molecule has 0 unspecified atom stereocenters. The molecule has 0 aliphatic carbocycles. The molecule has 2 rings (SSSR count). The molecule has 0 fully saturated rings. The maximum Gasteiger partial charge on any atom is 0.219 e. The monoisotopic (exact) mass is 387 g/mol. The van der Waals surface area contributed by atoms with Crippen molar-refractivity contribution in [2.75, 3.05) is 0 Å². The van der Waals surface area contributed by atoms with Crippen molar-refractivity contribution in [3.05, 3.63) is 46.1 Å². The molecule has 0 atom stereocenters. The average molecular weight is 388 g/mol. The highest BCUT2D eigenvalue weighted by atomic mass is 79.9. The number of nitriles is 1. The summed E-state index contributed by atoms with van der Waals surface area (Å²) in [6, 6.07) is 8.80. The second-order valence-corrected chi connectivity index (χ2v) is 5.79.